The molecule has 1 aliphatic rings. The Balaban J connectivity index is 2.06. The van der Waals surface area contributed by atoms with Crippen LogP contribution < -0.4 is 5.32 Å². The molecule has 1 aromatic rings. The van der Waals surface area contributed by atoms with Gasteiger partial charge in [0.05, 0.1) is 5.56 Å². The van der Waals surface area contributed by atoms with Gasteiger partial charge in [0, 0.05) is 19.2 Å². The van der Waals surface area contributed by atoms with Gasteiger partial charge in [-0.1, -0.05) is 19.1 Å². The minimum atomic E-state index is -0.989. The summed E-state index contributed by atoms with van der Waals surface area (Å²) >= 11 is 0. The smallest absolute Gasteiger partial charge is 0.335 e. The van der Waals surface area contributed by atoms with E-state index in [-0.39, 0.29) is 17.4 Å². The van der Waals surface area contributed by atoms with Crippen molar-refractivity contribution >= 4 is 23.9 Å². The quantitative estimate of drug-likeness (QED) is 0.816. The zero-order valence-electron chi connectivity index (χ0n) is 12.3. The van der Waals surface area contributed by atoms with Gasteiger partial charge in [-0.15, -0.1) is 0 Å². The van der Waals surface area contributed by atoms with Gasteiger partial charge in [-0.2, -0.15) is 0 Å². The molecular formula is C16H18N2O4. The first-order valence-electron chi connectivity index (χ1n) is 7.12. The van der Waals surface area contributed by atoms with Crippen molar-refractivity contribution in [3.63, 3.8) is 0 Å². The number of amides is 2. The molecule has 1 heterocycles. The number of carboxylic acid groups (broad SMARTS) is 1. The molecule has 6 nitrogen and oxygen atoms in total. The van der Waals surface area contributed by atoms with Crippen LogP contribution in [0.25, 0.3) is 6.08 Å². The summed E-state index contributed by atoms with van der Waals surface area (Å²) in [6.07, 6.45) is 3.60. The summed E-state index contributed by atoms with van der Waals surface area (Å²) in [5.41, 5.74) is 0.926. The molecule has 0 saturated carbocycles. The summed E-state index contributed by atoms with van der Waals surface area (Å²) in [6.45, 7) is 2.82. The van der Waals surface area contributed by atoms with Crippen molar-refractivity contribution in [2.75, 3.05) is 13.1 Å². The second-order valence-corrected chi connectivity index (χ2v) is 5.01. The van der Waals surface area contributed by atoms with Crippen LogP contribution in [-0.4, -0.2) is 46.9 Å². The maximum absolute atomic E-state index is 12.2. The van der Waals surface area contributed by atoms with E-state index in [1.54, 1.807) is 23.1 Å². The SMILES string of the molecule is CCC1C(=O)NCCN1C(=O)/C=C/c1ccc(C(=O)O)cc1. The molecule has 116 valence electrons. The van der Waals surface area contributed by atoms with Crippen LogP contribution in [0, 0.1) is 0 Å². The van der Waals surface area contributed by atoms with Gasteiger partial charge in [0.15, 0.2) is 0 Å². The maximum Gasteiger partial charge on any atom is 0.335 e. The fourth-order valence-electron chi connectivity index (χ4n) is 2.38. The molecule has 6 heteroatoms. The van der Waals surface area contributed by atoms with E-state index in [4.69, 9.17) is 5.11 Å². The molecule has 1 atom stereocenters. The predicted octanol–water partition coefficient (Wildman–Crippen LogP) is 1.13. The lowest BCUT2D eigenvalue weighted by atomic mass is 10.1. The first-order valence-corrected chi connectivity index (χ1v) is 7.12. The summed E-state index contributed by atoms with van der Waals surface area (Å²) in [5.74, 6) is -1.33. The zero-order valence-corrected chi connectivity index (χ0v) is 12.3. The number of carbonyl (C=O) groups excluding carboxylic acids is 2. The highest BCUT2D eigenvalue weighted by Crippen LogP contribution is 2.11. The van der Waals surface area contributed by atoms with Crippen molar-refractivity contribution in [1.29, 1.82) is 0 Å². The molecule has 1 aliphatic heterocycles. The van der Waals surface area contributed by atoms with Gasteiger partial charge >= 0.3 is 5.97 Å². The van der Waals surface area contributed by atoms with E-state index < -0.39 is 12.0 Å². The average molecular weight is 302 g/mol. The largest absolute Gasteiger partial charge is 0.478 e. The van der Waals surface area contributed by atoms with Crippen LogP contribution in [0.15, 0.2) is 30.3 Å². The number of carboxylic acids is 1. The zero-order chi connectivity index (χ0) is 16.1. The van der Waals surface area contributed by atoms with Gasteiger partial charge in [-0.05, 0) is 30.2 Å². The lowest BCUT2D eigenvalue weighted by Gasteiger charge is -2.33. The number of aromatic carboxylic acids is 1. The van der Waals surface area contributed by atoms with Crippen LogP contribution in [0.5, 0.6) is 0 Å². The van der Waals surface area contributed by atoms with Crippen molar-refractivity contribution in [3.8, 4) is 0 Å². The number of hydrogen-bond acceptors (Lipinski definition) is 3. The normalized spacial score (nSPS) is 18.3. The highest BCUT2D eigenvalue weighted by atomic mass is 16.4. The van der Waals surface area contributed by atoms with Crippen molar-refractivity contribution in [2.24, 2.45) is 0 Å². The Morgan fingerprint density at radius 2 is 2.05 bits per heavy atom. The molecule has 22 heavy (non-hydrogen) atoms. The molecule has 2 amide bonds. The molecule has 0 bridgehead atoms. The van der Waals surface area contributed by atoms with Crippen molar-refractivity contribution in [1.82, 2.24) is 10.2 Å². The highest BCUT2D eigenvalue weighted by molar-refractivity contribution is 5.96. The standard InChI is InChI=1S/C16H18N2O4/c1-2-13-15(20)17-9-10-18(13)14(19)8-5-11-3-6-12(7-4-11)16(21)22/h3-8,13H,2,9-10H2,1H3,(H,17,20)(H,21,22)/b8-5+. The van der Waals surface area contributed by atoms with Gasteiger partial charge in [-0.3, -0.25) is 9.59 Å². The van der Waals surface area contributed by atoms with Crippen LogP contribution in [0.2, 0.25) is 0 Å². The van der Waals surface area contributed by atoms with Gasteiger partial charge in [0.25, 0.3) is 0 Å². The average Bonchev–Trinajstić information content (AvgIpc) is 2.52. The summed E-state index contributed by atoms with van der Waals surface area (Å²) < 4.78 is 0. The van der Waals surface area contributed by atoms with Crippen molar-refractivity contribution < 1.29 is 19.5 Å². The van der Waals surface area contributed by atoms with Crippen LogP contribution in [-0.2, 0) is 9.59 Å². The van der Waals surface area contributed by atoms with E-state index in [0.29, 0.717) is 19.5 Å². The summed E-state index contributed by atoms with van der Waals surface area (Å²) in [6, 6.07) is 5.80. The van der Waals surface area contributed by atoms with Crippen LogP contribution in [0.4, 0.5) is 0 Å². The lowest BCUT2D eigenvalue weighted by Crippen LogP contribution is -2.56. The summed E-state index contributed by atoms with van der Waals surface area (Å²) in [7, 11) is 0. The van der Waals surface area contributed by atoms with E-state index in [9.17, 15) is 14.4 Å². The second kappa shape index (κ2) is 6.89. The Morgan fingerprint density at radius 3 is 2.64 bits per heavy atom. The Hall–Kier alpha value is -2.63. The summed E-state index contributed by atoms with van der Waals surface area (Å²) in [5, 5.41) is 11.6. The second-order valence-electron chi connectivity index (χ2n) is 5.01. The molecule has 0 aliphatic carbocycles. The van der Waals surface area contributed by atoms with Crippen LogP contribution in [0.3, 0.4) is 0 Å². The van der Waals surface area contributed by atoms with E-state index in [2.05, 4.69) is 5.32 Å². The first kappa shape index (κ1) is 15.8. The van der Waals surface area contributed by atoms with E-state index in [1.807, 2.05) is 6.92 Å². The minimum Gasteiger partial charge on any atom is -0.478 e. The van der Waals surface area contributed by atoms with E-state index in [1.165, 1.54) is 18.2 Å². The number of hydrogen-bond donors (Lipinski definition) is 2. The Labute approximate surface area is 128 Å². The Kier molecular flexibility index (Phi) is 4.93. The van der Waals surface area contributed by atoms with Crippen molar-refractivity contribution in [3.05, 3.63) is 41.5 Å². The number of nitrogens with zero attached hydrogens (tertiary/aromatic N) is 1. The number of rotatable bonds is 4. The third-order valence-electron chi connectivity index (χ3n) is 3.58. The fourth-order valence-corrected chi connectivity index (χ4v) is 2.38. The summed E-state index contributed by atoms with van der Waals surface area (Å²) in [4.78, 5) is 36.3. The molecule has 1 saturated heterocycles. The van der Waals surface area contributed by atoms with E-state index >= 15 is 0 Å². The topological polar surface area (TPSA) is 86.7 Å². The number of benzene rings is 1. The molecule has 2 N–H and O–H groups in total. The molecule has 0 radical (unpaired) electrons. The number of carbonyl (C=O) groups is 3. The molecule has 1 aromatic carbocycles. The monoisotopic (exact) mass is 302 g/mol. The molecule has 1 fully saturated rings. The molecule has 0 spiro atoms. The maximum atomic E-state index is 12.2. The predicted molar refractivity (Wildman–Crippen MR) is 81.2 cm³/mol. The van der Waals surface area contributed by atoms with Gasteiger partial charge < -0.3 is 15.3 Å². The minimum absolute atomic E-state index is 0.124. The van der Waals surface area contributed by atoms with Gasteiger partial charge in [0.2, 0.25) is 11.8 Å². The van der Waals surface area contributed by atoms with Crippen molar-refractivity contribution in [2.45, 2.75) is 19.4 Å². The first-order chi connectivity index (χ1) is 10.5. The third kappa shape index (κ3) is 3.52. The van der Waals surface area contributed by atoms with Crippen LogP contribution >= 0.6 is 0 Å². The Bertz CT molecular complexity index is 607. The number of nitrogens with one attached hydrogen (secondary N) is 1. The van der Waals surface area contributed by atoms with Crippen LogP contribution in [0.1, 0.15) is 29.3 Å². The fraction of sp³-hybridized carbons (Fsp3) is 0.312. The highest BCUT2D eigenvalue weighted by Gasteiger charge is 2.30. The number of piperazine rings is 1. The lowest BCUT2D eigenvalue weighted by molar-refractivity contribution is -0.140. The molecule has 2 rings (SSSR count). The van der Waals surface area contributed by atoms with Gasteiger partial charge in [-0.25, -0.2) is 4.79 Å². The molecule has 0 aromatic heterocycles. The van der Waals surface area contributed by atoms with E-state index in [0.717, 1.165) is 5.56 Å². The Morgan fingerprint density at radius 1 is 1.36 bits per heavy atom. The molecule has 1 unspecified atom stereocenters. The third-order valence-corrected chi connectivity index (χ3v) is 3.58. The molecular weight excluding hydrogens is 284 g/mol. The van der Waals surface area contributed by atoms with Gasteiger partial charge in [0.1, 0.15) is 6.04 Å².